The standard InChI is InChI=1S/C12H21N2/c1-4-6-7-8-9-14-11-10-13(5-2)12(14)3/h5,10-11H,2,4,6-9H2,1,3H3/q+1. The van der Waals surface area contributed by atoms with Crippen molar-refractivity contribution in [3.8, 4) is 0 Å². The van der Waals surface area contributed by atoms with Crippen molar-refractivity contribution in [2.75, 3.05) is 0 Å². The van der Waals surface area contributed by atoms with Gasteiger partial charge in [-0.25, -0.2) is 9.13 Å². The third-order valence-corrected chi connectivity index (χ3v) is 2.65. The Morgan fingerprint density at radius 2 is 2.21 bits per heavy atom. The van der Waals surface area contributed by atoms with Crippen molar-refractivity contribution >= 4 is 6.20 Å². The third-order valence-electron chi connectivity index (χ3n) is 2.65. The zero-order valence-corrected chi connectivity index (χ0v) is 9.37. The van der Waals surface area contributed by atoms with E-state index in [1.807, 2.05) is 6.20 Å². The largest absolute Gasteiger partial charge is 0.257 e. The minimum Gasteiger partial charge on any atom is -0.234 e. The number of imidazole rings is 1. The molecule has 0 saturated heterocycles. The topological polar surface area (TPSA) is 8.81 Å². The molecule has 0 radical (unpaired) electrons. The molecule has 0 N–H and O–H groups in total. The van der Waals surface area contributed by atoms with Gasteiger partial charge in [-0.2, -0.15) is 0 Å². The molecule has 1 aromatic rings. The molecular formula is C12H21N2+. The highest BCUT2D eigenvalue weighted by atomic mass is 15.1. The summed E-state index contributed by atoms with van der Waals surface area (Å²) in [6, 6.07) is 0. The van der Waals surface area contributed by atoms with Gasteiger partial charge in [-0.3, -0.25) is 0 Å². The molecule has 2 heteroatoms. The number of unbranched alkanes of at least 4 members (excludes halogenated alkanes) is 3. The van der Waals surface area contributed by atoms with Crippen molar-refractivity contribution in [3.05, 3.63) is 24.8 Å². The Morgan fingerprint density at radius 1 is 1.43 bits per heavy atom. The van der Waals surface area contributed by atoms with Gasteiger partial charge in [0.15, 0.2) is 0 Å². The first-order valence-corrected chi connectivity index (χ1v) is 5.49. The SMILES string of the molecule is C=Cn1cc[n+](CCCCCC)c1C. The summed E-state index contributed by atoms with van der Waals surface area (Å²) in [4.78, 5) is 0. The van der Waals surface area contributed by atoms with Gasteiger partial charge in [0, 0.05) is 6.92 Å². The normalized spacial score (nSPS) is 10.4. The second-order valence-electron chi connectivity index (χ2n) is 3.69. The molecule has 0 bridgehead atoms. The Labute approximate surface area is 86.9 Å². The summed E-state index contributed by atoms with van der Waals surface area (Å²) in [5.74, 6) is 1.26. The lowest BCUT2D eigenvalue weighted by Crippen LogP contribution is -2.35. The lowest BCUT2D eigenvalue weighted by atomic mass is 10.2. The van der Waals surface area contributed by atoms with Gasteiger partial charge in [-0.15, -0.1) is 0 Å². The number of rotatable bonds is 6. The van der Waals surface area contributed by atoms with E-state index in [1.54, 1.807) is 0 Å². The molecule has 2 nitrogen and oxygen atoms in total. The molecule has 0 saturated carbocycles. The van der Waals surface area contributed by atoms with Crippen LogP contribution in [0.2, 0.25) is 0 Å². The molecule has 0 aliphatic heterocycles. The molecule has 1 heterocycles. The van der Waals surface area contributed by atoms with Crippen molar-refractivity contribution in [2.45, 2.75) is 46.1 Å². The Balaban J connectivity index is 2.42. The summed E-state index contributed by atoms with van der Waals surface area (Å²) >= 11 is 0. The monoisotopic (exact) mass is 193 g/mol. The fourth-order valence-corrected chi connectivity index (χ4v) is 1.65. The van der Waals surface area contributed by atoms with E-state index in [2.05, 4.69) is 42.0 Å². The predicted octanol–water partition coefficient (Wildman–Crippen LogP) is 2.76. The van der Waals surface area contributed by atoms with Crippen LogP contribution in [0.3, 0.4) is 0 Å². The summed E-state index contributed by atoms with van der Waals surface area (Å²) in [5, 5.41) is 0. The van der Waals surface area contributed by atoms with Gasteiger partial charge in [0.25, 0.3) is 5.82 Å². The molecular weight excluding hydrogens is 172 g/mol. The summed E-state index contributed by atoms with van der Waals surface area (Å²) in [7, 11) is 0. The molecule has 0 aliphatic rings. The van der Waals surface area contributed by atoms with E-state index in [0.717, 1.165) is 6.54 Å². The van der Waals surface area contributed by atoms with Gasteiger partial charge in [-0.05, 0) is 12.8 Å². The number of hydrogen-bond acceptors (Lipinski definition) is 0. The first kappa shape index (κ1) is 11.0. The molecule has 1 aromatic heterocycles. The van der Waals surface area contributed by atoms with Crippen LogP contribution in [0.15, 0.2) is 19.0 Å². The maximum atomic E-state index is 3.76. The predicted molar refractivity (Wildman–Crippen MR) is 59.9 cm³/mol. The fourth-order valence-electron chi connectivity index (χ4n) is 1.65. The Kier molecular flexibility index (Phi) is 4.44. The molecule has 1 rings (SSSR count). The molecule has 78 valence electrons. The van der Waals surface area contributed by atoms with E-state index in [4.69, 9.17) is 0 Å². The molecule has 0 fully saturated rings. The molecule has 0 spiro atoms. The summed E-state index contributed by atoms with van der Waals surface area (Å²) in [6.07, 6.45) is 11.3. The van der Waals surface area contributed by atoms with E-state index in [9.17, 15) is 0 Å². The van der Waals surface area contributed by atoms with Crippen LogP contribution in [0.1, 0.15) is 38.4 Å². The second kappa shape index (κ2) is 5.63. The van der Waals surface area contributed by atoms with E-state index in [0.29, 0.717) is 0 Å². The fraction of sp³-hybridized carbons (Fsp3) is 0.583. The van der Waals surface area contributed by atoms with Crippen LogP contribution < -0.4 is 4.57 Å². The van der Waals surface area contributed by atoms with Crippen molar-refractivity contribution in [1.29, 1.82) is 0 Å². The highest BCUT2D eigenvalue weighted by Crippen LogP contribution is 2.00. The van der Waals surface area contributed by atoms with E-state index in [1.165, 1.54) is 31.5 Å². The van der Waals surface area contributed by atoms with Crippen LogP contribution in [-0.4, -0.2) is 4.57 Å². The summed E-state index contributed by atoms with van der Waals surface area (Å²) in [5.41, 5.74) is 0. The van der Waals surface area contributed by atoms with Crippen molar-refractivity contribution in [1.82, 2.24) is 4.57 Å². The Hall–Kier alpha value is -1.05. The summed E-state index contributed by atoms with van der Waals surface area (Å²) < 4.78 is 4.34. The smallest absolute Gasteiger partial charge is 0.234 e. The summed E-state index contributed by atoms with van der Waals surface area (Å²) in [6.45, 7) is 9.27. The molecule has 0 amide bonds. The first-order valence-electron chi connectivity index (χ1n) is 5.49. The van der Waals surface area contributed by atoms with Gasteiger partial charge >= 0.3 is 0 Å². The molecule has 0 atom stereocenters. The maximum absolute atomic E-state index is 3.76. The highest BCUT2D eigenvalue weighted by molar-refractivity contribution is 5.16. The van der Waals surface area contributed by atoms with E-state index < -0.39 is 0 Å². The average molecular weight is 193 g/mol. The number of hydrogen-bond donors (Lipinski definition) is 0. The van der Waals surface area contributed by atoms with Crippen LogP contribution in [0.4, 0.5) is 0 Å². The van der Waals surface area contributed by atoms with Crippen molar-refractivity contribution in [3.63, 3.8) is 0 Å². The number of aromatic nitrogens is 2. The Morgan fingerprint density at radius 3 is 2.79 bits per heavy atom. The highest BCUT2D eigenvalue weighted by Gasteiger charge is 2.08. The van der Waals surface area contributed by atoms with Crippen molar-refractivity contribution < 1.29 is 4.57 Å². The van der Waals surface area contributed by atoms with E-state index in [-0.39, 0.29) is 0 Å². The minimum atomic E-state index is 1.13. The molecule has 0 unspecified atom stereocenters. The lowest BCUT2D eigenvalue weighted by Gasteiger charge is -1.98. The minimum absolute atomic E-state index is 1.13. The Bertz CT molecular complexity index is 287. The second-order valence-corrected chi connectivity index (χ2v) is 3.69. The van der Waals surface area contributed by atoms with Crippen LogP contribution in [-0.2, 0) is 6.54 Å². The number of nitrogens with zero attached hydrogens (tertiary/aromatic N) is 2. The maximum Gasteiger partial charge on any atom is 0.257 e. The van der Waals surface area contributed by atoms with Crippen LogP contribution in [0.25, 0.3) is 6.20 Å². The first-order chi connectivity index (χ1) is 6.79. The van der Waals surface area contributed by atoms with Crippen LogP contribution >= 0.6 is 0 Å². The van der Waals surface area contributed by atoms with Gasteiger partial charge < -0.3 is 0 Å². The van der Waals surface area contributed by atoms with Crippen LogP contribution in [0, 0.1) is 6.92 Å². The average Bonchev–Trinajstić information content (AvgIpc) is 2.55. The van der Waals surface area contributed by atoms with Gasteiger partial charge in [0.1, 0.15) is 12.4 Å². The van der Waals surface area contributed by atoms with E-state index >= 15 is 0 Å². The van der Waals surface area contributed by atoms with Crippen LogP contribution in [0.5, 0.6) is 0 Å². The number of aryl methyl sites for hydroxylation is 1. The molecule has 14 heavy (non-hydrogen) atoms. The zero-order chi connectivity index (χ0) is 10.4. The van der Waals surface area contributed by atoms with Gasteiger partial charge in [-0.1, -0.05) is 26.3 Å². The third kappa shape index (κ3) is 2.72. The lowest BCUT2D eigenvalue weighted by molar-refractivity contribution is -0.702. The molecule has 0 aliphatic carbocycles. The van der Waals surface area contributed by atoms with Crippen molar-refractivity contribution in [2.24, 2.45) is 0 Å². The zero-order valence-electron chi connectivity index (χ0n) is 9.37. The molecule has 0 aromatic carbocycles. The van der Waals surface area contributed by atoms with Gasteiger partial charge in [0.05, 0.1) is 12.7 Å². The quantitative estimate of drug-likeness (QED) is 0.485. The van der Waals surface area contributed by atoms with Gasteiger partial charge in [0.2, 0.25) is 0 Å².